The van der Waals surface area contributed by atoms with E-state index in [4.69, 9.17) is 4.74 Å². The number of ether oxygens (including phenoxy) is 1. The SMILES string of the molecule is C=C(Cc1ccc(OC)c(CC)c1)N(C)CC. The van der Waals surface area contributed by atoms with Crippen molar-refractivity contribution in [2.75, 3.05) is 20.7 Å². The Morgan fingerprint density at radius 3 is 2.59 bits per heavy atom. The Bertz CT molecular complexity index is 385. The summed E-state index contributed by atoms with van der Waals surface area (Å²) in [5.74, 6) is 0.978. The van der Waals surface area contributed by atoms with Gasteiger partial charge >= 0.3 is 0 Å². The van der Waals surface area contributed by atoms with E-state index in [0.29, 0.717) is 0 Å². The molecule has 0 unspecified atom stereocenters. The summed E-state index contributed by atoms with van der Waals surface area (Å²) in [6.45, 7) is 9.39. The molecule has 0 radical (unpaired) electrons. The van der Waals surface area contributed by atoms with Gasteiger partial charge in [0.25, 0.3) is 0 Å². The van der Waals surface area contributed by atoms with Crippen molar-refractivity contribution < 1.29 is 4.74 Å². The minimum Gasteiger partial charge on any atom is -0.496 e. The van der Waals surface area contributed by atoms with Crippen LogP contribution >= 0.6 is 0 Å². The van der Waals surface area contributed by atoms with E-state index in [1.807, 2.05) is 6.07 Å². The van der Waals surface area contributed by atoms with E-state index in [9.17, 15) is 0 Å². The summed E-state index contributed by atoms with van der Waals surface area (Å²) in [5, 5.41) is 0. The number of hydrogen-bond acceptors (Lipinski definition) is 2. The Hall–Kier alpha value is -1.44. The summed E-state index contributed by atoms with van der Waals surface area (Å²) in [7, 11) is 3.80. The first kappa shape index (κ1) is 13.6. The van der Waals surface area contributed by atoms with E-state index >= 15 is 0 Å². The molecule has 0 amide bonds. The van der Waals surface area contributed by atoms with Crippen LogP contribution in [0.5, 0.6) is 5.75 Å². The molecule has 0 fully saturated rings. The monoisotopic (exact) mass is 233 g/mol. The van der Waals surface area contributed by atoms with E-state index in [1.165, 1.54) is 11.1 Å². The van der Waals surface area contributed by atoms with Crippen LogP contribution in [0.3, 0.4) is 0 Å². The third kappa shape index (κ3) is 3.52. The fraction of sp³-hybridized carbons (Fsp3) is 0.467. The fourth-order valence-corrected chi connectivity index (χ4v) is 1.81. The zero-order valence-corrected chi connectivity index (χ0v) is 11.4. The second-order valence-electron chi connectivity index (χ2n) is 4.26. The van der Waals surface area contributed by atoms with E-state index in [2.05, 4.69) is 44.5 Å². The normalized spacial score (nSPS) is 10.1. The van der Waals surface area contributed by atoms with Crippen molar-refractivity contribution in [3.8, 4) is 5.75 Å². The quantitative estimate of drug-likeness (QED) is 0.747. The van der Waals surface area contributed by atoms with Gasteiger partial charge in [-0.15, -0.1) is 0 Å². The lowest BCUT2D eigenvalue weighted by Crippen LogP contribution is -2.17. The van der Waals surface area contributed by atoms with Gasteiger partial charge in [0.05, 0.1) is 7.11 Å². The minimum atomic E-state index is 0.904. The molecule has 1 aromatic rings. The van der Waals surface area contributed by atoms with Gasteiger partial charge in [-0.25, -0.2) is 0 Å². The summed E-state index contributed by atoms with van der Waals surface area (Å²) < 4.78 is 5.33. The van der Waals surface area contributed by atoms with Crippen LogP contribution in [0.1, 0.15) is 25.0 Å². The molecule has 0 aliphatic carbocycles. The highest BCUT2D eigenvalue weighted by Gasteiger charge is 2.05. The van der Waals surface area contributed by atoms with Crippen LogP contribution in [0.2, 0.25) is 0 Å². The number of allylic oxidation sites excluding steroid dienone is 1. The van der Waals surface area contributed by atoms with Gasteiger partial charge in [0.2, 0.25) is 0 Å². The molecular formula is C15H23NO. The molecule has 0 heterocycles. The Morgan fingerprint density at radius 2 is 2.06 bits per heavy atom. The molecule has 0 saturated heterocycles. The van der Waals surface area contributed by atoms with Gasteiger partial charge in [-0.3, -0.25) is 0 Å². The lowest BCUT2D eigenvalue weighted by molar-refractivity contribution is 0.409. The molecule has 17 heavy (non-hydrogen) atoms. The van der Waals surface area contributed by atoms with Crippen molar-refractivity contribution in [2.24, 2.45) is 0 Å². The summed E-state index contributed by atoms with van der Waals surface area (Å²) in [6, 6.07) is 6.38. The van der Waals surface area contributed by atoms with Crippen LogP contribution in [0.25, 0.3) is 0 Å². The molecular weight excluding hydrogens is 210 g/mol. The molecule has 0 saturated carbocycles. The van der Waals surface area contributed by atoms with Gasteiger partial charge in [-0.2, -0.15) is 0 Å². The lowest BCUT2D eigenvalue weighted by Gasteiger charge is -2.20. The zero-order valence-electron chi connectivity index (χ0n) is 11.4. The highest BCUT2D eigenvalue weighted by atomic mass is 16.5. The molecule has 2 nitrogen and oxygen atoms in total. The molecule has 1 rings (SSSR count). The van der Waals surface area contributed by atoms with E-state index < -0.39 is 0 Å². The molecule has 2 heteroatoms. The molecule has 0 spiro atoms. The van der Waals surface area contributed by atoms with Crippen molar-refractivity contribution in [1.82, 2.24) is 4.90 Å². The number of benzene rings is 1. The minimum absolute atomic E-state index is 0.904. The van der Waals surface area contributed by atoms with Crippen LogP contribution in [-0.2, 0) is 12.8 Å². The Morgan fingerprint density at radius 1 is 1.35 bits per heavy atom. The Kier molecular flexibility index (Phi) is 5.08. The second-order valence-corrected chi connectivity index (χ2v) is 4.26. The molecule has 0 aliphatic heterocycles. The predicted octanol–water partition coefficient (Wildman–Crippen LogP) is 3.27. The smallest absolute Gasteiger partial charge is 0.122 e. The molecule has 94 valence electrons. The maximum atomic E-state index is 5.33. The number of hydrogen-bond donors (Lipinski definition) is 0. The van der Waals surface area contributed by atoms with Crippen molar-refractivity contribution in [3.63, 3.8) is 0 Å². The van der Waals surface area contributed by atoms with Crippen LogP contribution in [0.4, 0.5) is 0 Å². The average molecular weight is 233 g/mol. The Balaban J connectivity index is 2.82. The zero-order chi connectivity index (χ0) is 12.8. The highest BCUT2D eigenvalue weighted by Crippen LogP contribution is 2.22. The lowest BCUT2D eigenvalue weighted by atomic mass is 10.0. The number of aryl methyl sites for hydroxylation is 1. The molecule has 0 atom stereocenters. The van der Waals surface area contributed by atoms with Gasteiger partial charge in [0, 0.05) is 25.7 Å². The number of rotatable bonds is 6. The largest absolute Gasteiger partial charge is 0.496 e. The third-order valence-corrected chi connectivity index (χ3v) is 3.15. The first-order valence-corrected chi connectivity index (χ1v) is 6.17. The van der Waals surface area contributed by atoms with Crippen LogP contribution in [0.15, 0.2) is 30.5 Å². The number of methoxy groups -OCH3 is 1. The summed E-state index contributed by atoms with van der Waals surface area (Å²) in [5.41, 5.74) is 3.71. The number of likely N-dealkylation sites (N-methyl/N-ethyl adjacent to an activating group) is 1. The van der Waals surface area contributed by atoms with Crippen LogP contribution in [-0.4, -0.2) is 25.6 Å². The first-order chi connectivity index (χ1) is 8.12. The van der Waals surface area contributed by atoms with Crippen molar-refractivity contribution in [1.29, 1.82) is 0 Å². The maximum absolute atomic E-state index is 5.33. The van der Waals surface area contributed by atoms with Gasteiger partial charge in [0.15, 0.2) is 0 Å². The highest BCUT2D eigenvalue weighted by molar-refractivity contribution is 5.38. The molecule has 1 aromatic carbocycles. The van der Waals surface area contributed by atoms with Gasteiger partial charge < -0.3 is 9.64 Å². The van der Waals surface area contributed by atoms with E-state index in [-0.39, 0.29) is 0 Å². The molecule has 0 aliphatic rings. The topological polar surface area (TPSA) is 12.5 Å². The summed E-state index contributed by atoms with van der Waals surface area (Å²) in [6.07, 6.45) is 1.90. The fourth-order valence-electron chi connectivity index (χ4n) is 1.81. The number of nitrogens with zero attached hydrogens (tertiary/aromatic N) is 1. The van der Waals surface area contributed by atoms with Gasteiger partial charge in [-0.1, -0.05) is 25.6 Å². The van der Waals surface area contributed by atoms with Crippen molar-refractivity contribution >= 4 is 0 Å². The molecule has 0 aromatic heterocycles. The Labute approximate surface area is 105 Å². The average Bonchev–Trinajstić information content (AvgIpc) is 2.37. The summed E-state index contributed by atoms with van der Waals surface area (Å²) in [4.78, 5) is 2.18. The van der Waals surface area contributed by atoms with Gasteiger partial charge in [-0.05, 0) is 30.5 Å². The maximum Gasteiger partial charge on any atom is 0.122 e. The summed E-state index contributed by atoms with van der Waals surface area (Å²) >= 11 is 0. The van der Waals surface area contributed by atoms with E-state index in [1.54, 1.807) is 7.11 Å². The molecule has 0 bridgehead atoms. The third-order valence-electron chi connectivity index (χ3n) is 3.15. The van der Waals surface area contributed by atoms with Crippen molar-refractivity contribution in [3.05, 3.63) is 41.6 Å². The van der Waals surface area contributed by atoms with Crippen LogP contribution in [0, 0.1) is 0 Å². The van der Waals surface area contributed by atoms with E-state index in [0.717, 1.165) is 30.8 Å². The van der Waals surface area contributed by atoms with Crippen molar-refractivity contribution in [2.45, 2.75) is 26.7 Å². The van der Waals surface area contributed by atoms with Gasteiger partial charge in [0.1, 0.15) is 5.75 Å². The molecule has 0 N–H and O–H groups in total. The predicted molar refractivity (Wildman–Crippen MR) is 73.5 cm³/mol. The first-order valence-electron chi connectivity index (χ1n) is 6.17. The van der Waals surface area contributed by atoms with Crippen LogP contribution < -0.4 is 4.74 Å². The second kappa shape index (κ2) is 6.33. The standard InChI is InChI=1S/C15H23NO/c1-6-14-11-13(8-9-15(14)17-5)10-12(3)16(4)7-2/h8-9,11H,3,6-7,10H2,1-2,4-5H3.